The minimum Gasteiger partial charge on any atom is -0.356 e. The van der Waals surface area contributed by atoms with Crippen molar-refractivity contribution in [3.63, 3.8) is 0 Å². The van der Waals surface area contributed by atoms with Crippen LogP contribution >= 0.6 is 0 Å². The lowest BCUT2D eigenvalue weighted by molar-refractivity contribution is -0.115. The SMILES string of the molecule is CNC(=O)/C=C\c1ccc(C(C)C)cc1. The lowest BCUT2D eigenvalue weighted by Gasteiger charge is -2.04. The van der Waals surface area contributed by atoms with Gasteiger partial charge >= 0.3 is 0 Å². The van der Waals surface area contributed by atoms with Gasteiger partial charge in [-0.2, -0.15) is 0 Å². The van der Waals surface area contributed by atoms with E-state index in [1.807, 2.05) is 18.2 Å². The summed E-state index contributed by atoms with van der Waals surface area (Å²) in [6.45, 7) is 4.32. The highest BCUT2D eigenvalue weighted by Crippen LogP contribution is 2.15. The molecule has 1 aromatic rings. The van der Waals surface area contributed by atoms with Gasteiger partial charge in [0.2, 0.25) is 5.91 Å². The van der Waals surface area contributed by atoms with Crippen LogP contribution in [0.3, 0.4) is 0 Å². The molecule has 0 aliphatic heterocycles. The number of carbonyl (C=O) groups excluding carboxylic acids is 1. The van der Waals surface area contributed by atoms with Crippen molar-refractivity contribution in [2.45, 2.75) is 19.8 Å². The monoisotopic (exact) mass is 203 g/mol. The first-order valence-electron chi connectivity index (χ1n) is 5.13. The molecule has 15 heavy (non-hydrogen) atoms. The van der Waals surface area contributed by atoms with E-state index in [1.165, 1.54) is 11.6 Å². The fourth-order valence-electron chi connectivity index (χ4n) is 1.25. The zero-order valence-corrected chi connectivity index (χ0v) is 9.45. The van der Waals surface area contributed by atoms with Crippen molar-refractivity contribution >= 4 is 12.0 Å². The van der Waals surface area contributed by atoms with Crippen LogP contribution in [0.15, 0.2) is 30.3 Å². The van der Waals surface area contributed by atoms with Crippen LogP contribution in [0, 0.1) is 0 Å². The maximum atomic E-state index is 11.0. The van der Waals surface area contributed by atoms with Crippen LogP contribution in [0.5, 0.6) is 0 Å². The Morgan fingerprint density at radius 1 is 1.27 bits per heavy atom. The minimum atomic E-state index is -0.0806. The molecule has 0 saturated heterocycles. The highest BCUT2D eigenvalue weighted by molar-refractivity contribution is 5.91. The van der Waals surface area contributed by atoms with E-state index in [-0.39, 0.29) is 5.91 Å². The van der Waals surface area contributed by atoms with Crippen LogP contribution in [-0.2, 0) is 4.79 Å². The Morgan fingerprint density at radius 3 is 2.33 bits per heavy atom. The van der Waals surface area contributed by atoms with Crippen molar-refractivity contribution < 1.29 is 4.79 Å². The second-order valence-corrected chi connectivity index (χ2v) is 3.77. The van der Waals surface area contributed by atoms with Crippen LogP contribution in [0.4, 0.5) is 0 Å². The second kappa shape index (κ2) is 5.35. The van der Waals surface area contributed by atoms with Crippen LogP contribution in [-0.4, -0.2) is 13.0 Å². The molecule has 0 radical (unpaired) electrons. The molecule has 0 saturated carbocycles. The van der Waals surface area contributed by atoms with Gasteiger partial charge in [0, 0.05) is 13.1 Å². The first-order valence-corrected chi connectivity index (χ1v) is 5.13. The van der Waals surface area contributed by atoms with E-state index < -0.39 is 0 Å². The van der Waals surface area contributed by atoms with Crippen molar-refractivity contribution in [2.24, 2.45) is 0 Å². The van der Waals surface area contributed by atoms with Gasteiger partial charge in [-0.3, -0.25) is 4.79 Å². The van der Waals surface area contributed by atoms with Crippen LogP contribution < -0.4 is 5.32 Å². The largest absolute Gasteiger partial charge is 0.356 e. The maximum absolute atomic E-state index is 11.0. The Kier molecular flexibility index (Phi) is 4.10. The maximum Gasteiger partial charge on any atom is 0.243 e. The first-order chi connectivity index (χ1) is 7.13. The third-order valence-electron chi connectivity index (χ3n) is 2.28. The van der Waals surface area contributed by atoms with Gasteiger partial charge in [-0.15, -0.1) is 0 Å². The predicted octanol–water partition coefficient (Wildman–Crippen LogP) is 2.57. The summed E-state index contributed by atoms with van der Waals surface area (Å²) in [7, 11) is 1.62. The second-order valence-electron chi connectivity index (χ2n) is 3.77. The minimum absolute atomic E-state index is 0.0806. The molecule has 0 unspecified atom stereocenters. The van der Waals surface area contributed by atoms with Crippen molar-refractivity contribution in [3.8, 4) is 0 Å². The average molecular weight is 203 g/mol. The van der Waals surface area contributed by atoms with E-state index in [4.69, 9.17) is 0 Å². The number of nitrogens with one attached hydrogen (secondary N) is 1. The lowest BCUT2D eigenvalue weighted by atomic mass is 10.0. The molecule has 0 spiro atoms. The third-order valence-corrected chi connectivity index (χ3v) is 2.28. The van der Waals surface area contributed by atoms with Crippen molar-refractivity contribution in [3.05, 3.63) is 41.5 Å². The first kappa shape index (κ1) is 11.5. The smallest absolute Gasteiger partial charge is 0.243 e. The molecule has 0 aliphatic rings. The lowest BCUT2D eigenvalue weighted by Crippen LogP contribution is -2.13. The van der Waals surface area contributed by atoms with E-state index in [2.05, 4.69) is 31.3 Å². The van der Waals surface area contributed by atoms with E-state index in [9.17, 15) is 4.79 Å². The molecule has 1 aromatic carbocycles. The Balaban J connectivity index is 2.72. The molecule has 1 rings (SSSR count). The summed E-state index contributed by atoms with van der Waals surface area (Å²) in [6, 6.07) is 8.23. The predicted molar refractivity (Wildman–Crippen MR) is 63.6 cm³/mol. The Bertz CT molecular complexity index is 349. The van der Waals surface area contributed by atoms with Crippen LogP contribution in [0.2, 0.25) is 0 Å². The molecule has 2 nitrogen and oxygen atoms in total. The number of likely N-dealkylation sites (N-methyl/N-ethyl adjacent to an activating group) is 1. The number of amides is 1. The molecule has 0 heterocycles. The molecule has 0 atom stereocenters. The van der Waals surface area contributed by atoms with Crippen molar-refractivity contribution in [1.29, 1.82) is 0 Å². The molecule has 1 N–H and O–H groups in total. The number of carbonyl (C=O) groups is 1. The van der Waals surface area contributed by atoms with Gasteiger partial charge in [-0.05, 0) is 23.1 Å². The van der Waals surface area contributed by atoms with E-state index in [0.717, 1.165) is 5.56 Å². The summed E-state index contributed by atoms with van der Waals surface area (Å²) in [6.07, 6.45) is 3.34. The van der Waals surface area contributed by atoms with Crippen LogP contribution in [0.25, 0.3) is 6.08 Å². The number of rotatable bonds is 3. The summed E-state index contributed by atoms with van der Waals surface area (Å²) < 4.78 is 0. The Hall–Kier alpha value is -1.57. The zero-order chi connectivity index (χ0) is 11.3. The van der Waals surface area contributed by atoms with Crippen molar-refractivity contribution in [2.75, 3.05) is 7.05 Å². The van der Waals surface area contributed by atoms with Gasteiger partial charge in [-0.1, -0.05) is 38.1 Å². The number of benzene rings is 1. The quantitative estimate of drug-likeness (QED) is 0.752. The Morgan fingerprint density at radius 2 is 1.87 bits per heavy atom. The van der Waals surface area contributed by atoms with Gasteiger partial charge in [-0.25, -0.2) is 0 Å². The number of hydrogen-bond donors (Lipinski definition) is 1. The summed E-state index contributed by atoms with van der Waals surface area (Å²) in [5, 5.41) is 2.54. The zero-order valence-electron chi connectivity index (χ0n) is 9.45. The highest BCUT2D eigenvalue weighted by atomic mass is 16.1. The van der Waals surface area contributed by atoms with Crippen LogP contribution in [0.1, 0.15) is 30.9 Å². The van der Waals surface area contributed by atoms with Gasteiger partial charge < -0.3 is 5.32 Å². The summed E-state index contributed by atoms with van der Waals surface area (Å²) in [5.74, 6) is 0.463. The van der Waals surface area contributed by atoms with Gasteiger partial charge in [0.25, 0.3) is 0 Å². The summed E-state index contributed by atoms with van der Waals surface area (Å²) in [5.41, 5.74) is 2.36. The normalized spacial score (nSPS) is 10.9. The fraction of sp³-hybridized carbons (Fsp3) is 0.308. The molecule has 0 bridgehead atoms. The van der Waals surface area contributed by atoms with E-state index in [0.29, 0.717) is 5.92 Å². The van der Waals surface area contributed by atoms with E-state index >= 15 is 0 Å². The molecule has 1 amide bonds. The number of hydrogen-bond acceptors (Lipinski definition) is 1. The topological polar surface area (TPSA) is 29.1 Å². The molecule has 2 heteroatoms. The fourth-order valence-corrected chi connectivity index (χ4v) is 1.25. The molecule has 0 aromatic heterocycles. The molecule has 0 fully saturated rings. The third kappa shape index (κ3) is 3.58. The standard InChI is InChI=1S/C13H17NO/c1-10(2)12-7-4-11(5-8-12)6-9-13(15)14-3/h4-10H,1-3H3,(H,14,15)/b9-6-. The van der Waals surface area contributed by atoms with E-state index in [1.54, 1.807) is 7.05 Å². The highest BCUT2D eigenvalue weighted by Gasteiger charge is 1.97. The van der Waals surface area contributed by atoms with Gasteiger partial charge in [0.15, 0.2) is 0 Å². The van der Waals surface area contributed by atoms with Gasteiger partial charge in [0.1, 0.15) is 0 Å². The van der Waals surface area contributed by atoms with Crippen molar-refractivity contribution in [1.82, 2.24) is 5.32 Å². The molecular weight excluding hydrogens is 186 g/mol. The summed E-state index contributed by atoms with van der Waals surface area (Å²) >= 11 is 0. The molecule has 0 aliphatic carbocycles. The Labute approximate surface area is 91.0 Å². The van der Waals surface area contributed by atoms with Gasteiger partial charge in [0.05, 0.1) is 0 Å². The summed E-state index contributed by atoms with van der Waals surface area (Å²) in [4.78, 5) is 11.0. The average Bonchev–Trinajstić information content (AvgIpc) is 2.26. The molecule has 80 valence electrons. The molecular formula is C13H17NO.